The molecule has 1 fully saturated rings. The second-order valence-electron chi connectivity index (χ2n) is 6.62. The molecule has 0 radical (unpaired) electrons. The minimum Gasteiger partial charge on any atom is -0.355 e. The van der Waals surface area contributed by atoms with Crippen molar-refractivity contribution in [2.75, 3.05) is 26.2 Å². The number of likely N-dealkylation sites (tertiary alicyclic amines) is 1. The molecule has 1 saturated heterocycles. The molecule has 1 aliphatic rings. The lowest BCUT2D eigenvalue weighted by Crippen LogP contribution is -2.41. The first-order valence-electron chi connectivity index (χ1n) is 6.86. The predicted octanol–water partition coefficient (Wildman–Crippen LogP) is 2.27. The van der Waals surface area contributed by atoms with Crippen molar-refractivity contribution in [1.82, 2.24) is 10.2 Å². The van der Waals surface area contributed by atoms with Crippen molar-refractivity contribution in [2.24, 2.45) is 11.3 Å². The highest BCUT2D eigenvalue weighted by Gasteiger charge is 2.18. The minimum atomic E-state index is 0.184. The molecule has 0 aromatic heterocycles. The number of hydrogen-bond donors (Lipinski definition) is 1. The predicted molar refractivity (Wildman–Crippen MR) is 71.9 cm³/mol. The SMILES string of the molecule is CC1CCN(CC(=O)NCCC(C)(C)C)CC1. The molecule has 1 rings (SSSR count). The Kier molecular flexibility index (Phi) is 5.44. The second-order valence-corrected chi connectivity index (χ2v) is 6.62. The highest BCUT2D eigenvalue weighted by atomic mass is 16.2. The molecule has 0 bridgehead atoms. The molecule has 1 amide bonds. The van der Waals surface area contributed by atoms with Gasteiger partial charge in [-0.2, -0.15) is 0 Å². The fourth-order valence-electron chi connectivity index (χ4n) is 2.06. The third kappa shape index (κ3) is 6.67. The van der Waals surface area contributed by atoms with Crippen LogP contribution < -0.4 is 5.32 Å². The van der Waals surface area contributed by atoms with Crippen LogP contribution in [0.5, 0.6) is 0 Å². The maximum absolute atomic E-state index is 11.7. The summed E-state index contributed by atoms with van der Waals surface area (Å²) in [6.45, 7) is 12.4. The van der Waals surface area contributed by atoms with Crippen LogP contribution in [0.4, 0.5) is 0 Å². The third-order valence-corrected chi connectivity index (χ3v) is 3.44. The largest absolute Gasteiger partial charge is 0.355 e. The van der Waals surface area contributed by atoms with E-state index in [4.69, 9.17) is 0 Å². The molecule has 1 aliphatic heterocycles. The monoisotopic (exact) mass is 240 g/mol. The second kappa shape index (κ2) is 6.39. The Labute approximate surface area is 106 Å². The average Bonchev–Trinajstić information content (AvgIpc) is 2.19. The van der Waals surface area contributed by atoms with Gasteiger partial charge in [0, 0.05) is 6.54 Å². The molecule has 100 valence electrons. The summed E-state index contributed by atoms with van der Waals surface area (Å²) in [5.74, 6) is 1.01. The zero-order valence-electron chi connectivity index (χ0n) is 11.9. The zero-order chi connectivity index (χ0) is 12.9. The molecule has 0 unspecified atom stereocenters. The van der Waals surface area contributed by atoms with Crippen LogP contribution in [0.25, 0.3) is 0 Å². The molecule has 0 aliphatic carbocycles. The van der Waals surface area contributed by atoms with E-state index in [0.717, 1.165) is 32.0 Å². The highest BCUT2D eigenvalue weighted by molar-refractivity contribution is 5.77. The van der Waals surface area contributed by atoms with Gasteiger partial charge in [0.05, 0.1) is 6.54 Å². The topological polar surface area (TPSA) is 32.3 Å². The quantitative estimate of drug-likeness (QED) is 0.817. The van der Waals surface area contributed by atoms with Crippen molar-refractivity contribution in [3.63, 3.8) is 0 Å². The standard InChI is InChI=1S/C14H28N2O/c1-12-5-9-16(10-6-12)11-13(17)15-8-7-14(2,3)4/h12H,5-11H2,1-4H3,(H,15,17). The summed E-state index contributed by atoms with van der Waals surface area (Å²) in [6.07, 6.45) is 3.50. The lowest BCUT2D eigenvalue weighted by molar-refractivity contribution is -0.122. The fraction of sp³-hybridized carbons (Fsp3) is 0.929. The third-order valence-electron chi connectivity index (χ3n) is 3.44. The van der Waals surface area contributed by atoms with Crippen molar-refractivity contribution < 1.29 is 4.79 Å². The van der Waals surface area contributed by atoms with E-state index in [2.05, 4.69) is 37.9 Å². The fourth-order valence-corrected chi connectivity index (χ4v) is 2.06. The first kappa shape index (κ1) is 14.5. The van der Waals surface area contributed by atoms with Crippen molar-refractivity contribution in [3.8, 4) is 0 Å². The molecular weight excluding hydrogens is 212 g/mol. The van der Waals surface area contributed by atoms with Gasteiger partial charge < -0.3 is 5.32 Å². The Morgan fingerprint density at radius 2 is 1.88 bits per heavy atom. The van der Waals surface area contributed by atoms with Crippen LogP contribution in [-0.2, 0) is 4.79 Å². The van der Waals surface area contributed by atoms with Gasteiger partial charge in [0.2, 0.25) is 5.91 Å². The van der Waals surface area contributed by atoms with E-state index in [9.17, 15) is 4.79 Å². The number of nitrogens with zero attached hydrogens (tertiary/aromatic N) is 1. The Morgan fingerprint density at radius 1 is 1.29 bits per heavy atom. The number of amides is 1. The summed E-state index contributed by atoms with van der Waals surface area (Å²) in [7, 11) is 0. The molecule has 1 heterocycles. The number of piperidine rings is 1. The molecule has 3 nitrogen and oxygen atoms in total. The van der Waals surface area contributed by atoms with E-state index < -0.39 is 0 Å². The Hall–Kier alpha value is -0.570. The van der Waals surface area contributed by atoms with Crippen LogP contribution in [0.2, 0.25) is 0 Å². The van der Waals surface area contributed by atoms with Crippen LogP contribution >= 0.6 is 0 Å². The van der Waals surface area contributed by atoms with Gasteiger partial charge in [-0.1, -0.05) is 27.7 Å². The van der Waals surface area contributed by atoms with Crippen molar-refractivity contribution in [3.05, 3.63) is 0 Å². The first-order valence-corrected chi connectivity index (χ1v) is 6.86. The molecular formula is C14H28N2O. The van der Waals surface area contributed by atoms with Crippen LogP contribution in [0, 0.1) is 11.3 Å². The number of hydrogen-bond acceptors (Lipinski definition) is 2. The average molecular weight is 240 g/mol. The van der Waals surface area contributed by atoms with Crippen LogP contribution in [0.3, 0.4) is 0 Å². The number of carbonyl (C=O) groups excluding carboxylic acids is 1. The number of carbonyl (C=O) groups is 1. The van der Waals surface area contributed by atoms with Gasteiger partial charge in [-0.3, -0.25) is 9.69 Å². The molecule has 0 saturated carbocycles. The smallest absolute Gasteiger partial charge is 0.234 e. The molecule has 0 atom stereocenters. The number of rotatable bonds is 4. The zero-order valence-corrected chi connectivity index (χ0v) is 11.9. The summed E-state index contributed by atoms with van der Waals surface area (Å²) in [4.78, 5) is 14.0. The van der Waals surface area contributed by atoms with E-state index >= 15 is 0 Å². The highest BCUT2D eigenvalue weighted by Crippen LogP contribution is 2.17. The van der Waals surface area contributed by atoms with Crippen molar-refractivity contribution in [1.29, 1.82) is 0 Å². The molecule has 3 heteroatoms. The molecule has 17 heavy (non-hydrogen) atoms. The summed E-state index contributed by atoms with van der Waals surface area (Å²) in [5, 5.41) is 3.02. The maximum Gasteiger partial charge on any atom is 0.234 e. The Morgan fingerprint density at radius 3 is 2.41 bits per heavy atom. The summed E-state index contributed by atoms with van der Waals surface area (Å²) < 4.78 is 0. The van der Waals surface area contributed by atoms with E-state index in [1.165, 1.54) is 12.8 Å². The van der Waals surface area contributed by atoms with Crippen LogP contribution in [0.15, 0.2) is 0 Å². The summed E-state index contributed by atoms with van der Waals surface area (Å²) in [5.41, 5.74) is 0.299. The van der Waals surface area contributed by atoms with Gasteiger partial charge in [0.25, 0.3) is 0 Å². The molecule has 0 aromatic rings. The Balaban J connectivity index is 2.13. The normalized spacial score (nSPS) is 19.3. The van der Waals surface area contributed by atoms with Gasteiger partial charge in [0.1, 0.15) is 0 Å². The van der Waals surface area contributed by atoms with E-state index in [1.54, 1.807) is 0 Å². The molecule has 1 N–H and O–H groups in total. The van der Waals surface area contributed by atoms with Crippen LogP contribution in [0.1, 0.15) is 47.0 Å². The van der Waals surface area contributed by atoms with Gasteiger partial charge in [-0.25, -0.2) is 0 Å². The lowest BCUT2D eigenvalue weighted by atomic mass is 9.92. The maximum atomic E-state index is 11.7. The van der Waals surface area contributed by atoms with Crippen molar-refractivity contribution in [2.45, 2.75) is 47.0 Å². The van der Waals surface area contributed by atoms with E-state index in [0.29, 0.717) is 12.0 Å². The van der Waals surface area contributed by atoms with E-state index in [-0.39, 0.29) is 5.91 Å². The van der Waals surface area contributed by atoms with E-state index in [1.807, 2.05) is 0 Å². The number of nitrogens with one attached hydrogen (secondary N) is 1. The van der Waals surface area contributed by atoms with Gasteiger partial charge >= 0.3 is 0 Å². The molecule has 0 aromatic carbocycles. The van der Waals surface area contributed by atoms with Gasteiger partial charge in [-0.05, 0) is 43.7 Å². The van der Waals surface area contributed by atoms with Gasteiger partial charge in [-0.15, -0.1) is 0 Å². The first-order chi connectivity index (χ1) is 7.87. The van der Waals surface area contributed by atoms with Crippen molar-refractivity contribution >= 4 is 5.91 Å². The lowest BCUT2D eigenvalue weighted by Gasteiger charge is -2.29. The minimum absolute atomic E-state index is 0.184. The molecule has 0 spiro atoms. The van der Waals surface area contributed by atoms with Gasteiger partial charge in [0.15, 0.2) is 0 Å². The Bertz CT molecular complexity index is 237. The summed E-state index contributed by atoms with van der Waals surface area (Å²) in [6, 6.07) is 0. The summed E-state index contributed by atoms with van der Waals surface area (Å²) >= 11 is 0. The van der Waals surface area contributed by atoms with Crippen LogP contribution in [-0.4, -0.2) is 37.0 Å².